The average Bonchev–Trinajstić information content (AvgIpc) is 2.85. The van der Waals surface area contributed by atoms with Crippen LogP contribution in [0, 0.1) is 5.92 Å². The molecule has 2 aromatic rings. The van der Waals surface area contributed by atoms with E-state index in [0.29, 0.717) is 31.5 Å². The van der Waals surface area contributed by atoms with Crippen LogP contribution < -0.4 is 16.6 Å². The number of rotatable bonds is 5. The standard InChI is InChI=1S/C16H22N4OS/c1-3-8-20-15(21)13-11-5-4-10(2)9-12(11)22-14(13)19-16(20)18-7-6-17/h3,10H,1,4-9,17H2,2H3,(H,18,19). The van der Waals surface area contributed by atoms with Gasteiger partial charge < -0.3 is 11.1 Å². The summed E-state index contributed by atoms with van der Waals surface area (Å²) in [5.74, 6) is 1.28. The summed E-state index contributed by atoms with van der Waals surface area (Å²) < 4.78 is 1.66. The minimum absolute atomic E-state index is 0.0384. The Kier molecular flexibility index (Phi) is 4.31. The molecule has 1 aliphatic carbocycles. The van der Waals surface area contributed by atoms with Gasteiger partial charge in [0.2, 0.25) is 5.95 Å². The molecule has 0 radical (unpaired) electrons. The summed E-state index contributed by atoms with van der Waals surface area (Å²) in [6.07, 6.45) is 4.91. The Hall–Kier alpha value is -1.66. The molecule has 1 unspecified atom stereocenters. The lowest BCUT2D eigenvalue weighted by molar-refractivity contribution is 0.509. The molecule has 3 N–H and O–H groups in total. The van der Waals surface area contributed by atoms with Crippen LogP contribution in [-0.4, -0.2) is 22.6 Å². The third-order valence-corrected chi connectivity index (χ3v) is 5.30. The van der Waals surface area contributed by atoms with Crippen molar-refractivity contribution in [1.29, 1.82) is 0 Å². The molecule has 0 saturated carbocycles. The molecule has 0 aromatic carbocycles. The van der Waals surface area contributed by atoms with Crippen LogP contribution in [0.5, 0.6) is 0 Å². The zero-order valence-corrected chi connectivity index (χ0v) is 13.7. The molecule has 1 aliphatic rings. The minimum Gasteiger partial charge on any atom is -0.354 e. The molecule has 3 rings (SSSR count). The Morgan fingerprint density at radius 1 is 1.59 bits per heavy atom. The first-order valence-corrected chi connectivity index (χ1v) is 8.57. The molecule has 2 heterocycles. The van der Waals surface area contributed by atoms with E-state index in [1.165, 1.54) is 10.4 Å². The second-order valence-corrected chi connectivity index (χ2v) is 6.97. The predicted octanol–water partition coefficient (Wildman–Crippen LogP) is 2.14. The van der Waals surface area contributed by atoms with Crippen molar-refractivity contribution in [3.05, 3.63) is 33.4 Å². The van der Waals surface area contributed by atoms with Crippen molar-refractivity contribution < 1.29 is 0 Å². The summed E-state index contributed by atoms with van der Waals surface area (Å²) in [6, 6.07) is 0. The fourth-order valence-corrected chi connectivity index (χ4v) is 4.41. The Balaban J connectivity index is 2.19. The maximum Gasteiger partial charge on any atom is 0.264 e. The van der Waals surface area contributed by atoms with E-state index in [0.717, 1.165) is 29.5 Å². The molecule has 0 aliphatic heterocycles. The monoisotopic (exact) mass is 318 g/mol. The van der Waals surface area contributed by atoms with Gasteiger partial charge >= 0.3 is 0 Å². The van der Waals surface area contributed by atoms with Crippen LogP contribution >= 0.6 is 11.3 Å². The molecular weight excluding hydrogens is 296 g/mol. The van der Waals surface area contributed by atoms with Crippen LogP contribution in [-0.2, 0) is 19.4 Å². The van der Waals surface area contributed by atoms with Gasteiger partial charge in [0, 0.05) is 24.5 Å². The molecule has 0 spiro atoms. The lowest BCUT2D eigenvalue weighted by Crippen LogP contribution is -2.27. The van der Waals surface area contributed by atoms with E-state index in [4.69, 9.17) is 5.73 Å². The lowest BCUT2D eigenvalue weighted by Gasteiger charge is -2.17. The number of nitrogens with one attached hydrogen (secondary N) is 1. The fourth-order valence-electron chi connectivity index (χ4n) is 3.04. The Morgan fingerprint density at radius 3 is 3.14 bits per heavy atom. The van der Waals surface area contributed by atoms with Crippen LogP contribution in [0.15, 0.2) is 17.4 Å². The topological polar surface area (TPSA) is 72.9 Å². The molecule has 0 bridgehead atoms. The van der Waals surface area contributed by atoms with Crippen molar-refractivity contribution in [2.24, 2.45) is 11.7 Å². The fraction of sp³-hybridized carbons (Fsp3) is 0.500. The summed E-state index contributed by atoms with van der Waals surface area (Å²) in [7, 11) is 0. The van der Waals surface area contributed by atoms with E-state index in [1.54, 1.807) is 22.0 Å². The number of aromatic nitrogens is 2. The molecule has 0 amide bonds. The molecule has 5 nitrogen and oxygen atoms in total. The van der Waals surface area contributed by atoms with Crippen LogP contribution in [0.3, 0.4) is 0 Å². The zero-order chi connectivity index (χ0) is 15.7. The van der Waals surface area contributed by atoms with E-state index >= 15 is 0 Å². The van der Waals surface area contributed by atoms with Gasteiger partial charge in [0.15, 0.2) is 0 Å². The van der Waals surface area contributed by atoms with Crippen LogP contribution in [0.2, 0.25) is 0 Å². The Morgan fingerprint density at radius 2 is 2.41 bits per heavy atom. The van der Waals surface area contributed by atoms with E-state index < -0.39 is 0 Å². The lowest BCUT2D eigenvalue weighted by atomic mass is 9.89. The van der Waals surface area contributed by atoms with Gasteiger partial charge in [-0.05, 0) is 30.7 Å². The first kappa shape index (κ1) is 15.2. The SMILES string of the molecule is C=CCn1c(NCCN)nc2sc3c(c2c1=O)CCC(C)C3. The summed E-state index contributed by atoms with van der Waals surface area (Å²) in [5.41, 5.74) is 6.81. The van der Waals surface area contributed by atoms with Crippen LogP contribution in [0.1, 0.15) is 23.8 Å². The van der Waals surface area contributed by atoms with Gasteiger partial charge in [0.25, 0.3) is 5.56 Å². The highest BCUT2D eigenvalue weighted by molar-refractivity contribution is 7.18. The van der Waals surface area contributed by atoms with Gasteiger partial charge in [-0.2, -0.15) is 0 Å². The number of hydrogen-bond donors (Lipinski definition) is 2. The number of thiophene rings is 1. The summed E-state index contributed by atoms with van der Waals surface area (Å²) in [5, 5.41) is 3.97. The zero-order valence-electron chi connectivity index (χ0n) is 12.9. The number of aryl methyl sites for hydroxylation is 1. The molecule has 0 saturated heterocycles. The van der Waals surface area contributed by atoms with E-state index in [9.17, 15) is 4.79 Å². The number of fused-ring (bicyclic) bond motifs is 3. The molecule has 2 aromatic heterocycles. The summed E-state index contributed by atoms with van der Waals surface area (Å²) in [4.78, 5) is 19.8. The van der Waals surface area contributed by atoms with Crippen molar-refractivity contribution in [3.8, 4) is 0 Å². The Bertz CT molecular complexity index is 762. The van der Waals surface area contributed by atoms with Crippen molar-refractivity contribution in [2.45, 2.75) is 32.7 Å². The highest BCUT2D eigenvalue weighted by atomic mass is 32.1. The number of allylic oxidation sites excluding steroid dienone is 1. The largest absolute Gasteiger partial charge is 0.354 e. The van der Waals surface area contributed by atoms with Crippen molar-refractivity contribution >= 4 is 27.5 Å². The van der Waals surface area contributed by atoms with Gasteiger partial charge in [-0.25, -0.2) is 4.98 Å². The minimum atomic E-state index is 0.0384. The van der Waals surface area contributed by atoms with Crippen LogP contribution in [0.4, 0.5) is 5.95 Å². The number of nitrogens with zero attached hydrogens (tertiary/aromatic N) is 2. The van der Waals surface area contributed by atoms with Crippen molar-refractivity contribution in [1.82, 2.24) is 9.55 Å². The van der Waals surface area contributed by atoms with Gasteiger partial charge in [-0.3, -0.25) is 9.36 Å². The molecule has 22 heavy (non-hydrogen) atoms. The molecule has 0 fully saturated rings. The second-order valence-electron chi connectivity index (χ2n) is 5.89. The molecule has 6 heteroatoms. The molecule has 118 valence electrons. The maximum atomic E-state index is 12.9. The smallest absolute Gasteiger partial charge is 0.264 e. The first-order valence-electron chi connectivity index (χ1n) is 7.75. The summed E-state index contributed by atoms with van der Waals surface area (Å²) in [6.45, 7) is 7.56. The van der Waals surface area contributed by atoms with Gasteiger partial charge in [0.05, 0.1) is 5.39 Å². The van der Waals surface area contributed by atoms with Gasteiger partial charge in [-0.1, -0.05) is 13.0 Å². The van der Waals surface area contributed by atoms with Crippen LogP contribution in [0.25, 0.3) is 10.2 Å². The van der Waals surface area contributed by atoms with Crippen molar-refractivity contribution in [3.63, 3.8) is 0 Å². The third-order valence-electron chi connectivity index (χ3n) is 4.15. The maximum absolute atomic E-state index is 12.9. The summed E-state index contributed by atoms with van der Waals surface area (Å²) >= 11 is 1.67. The van der Waals surface area contributed by atoms with Gasteiger partial charge in [-0.15, -0.1) is 17.9 Å². The highest BCUT2D eigenvalue weighted by Crippen LogP contribution is 2.36. The Labute approximate surface area is 133 Å². The average molecular weight is 318 g/mol. The number of hydrogen-bond acceptors (Lipinski definition) is 5. The highest BCUT2D eigenvalue weighted by Gasteiger charge is 2.24. The van der Waals surface area contributed by atoms with Gasteiger partial charge in [0.1, 0.15) is 4.83 Å². The quantitative estimate of drug-likeness (QED) is 0.829. The predicted molar refractivity (Wildman–Crippen MR) is 92.8 cm³/mol. The second kappa shape index (κ2) is 6.22. The molecule has 1 atom stereocenters. The molecular formula is C16H22N4OS. The number of nitrogens with two attached hydrogens (primary N) is 1. The number of anilines is 1. The van der Waals surface area contributed by atoms with E-state index in [1.807, 2.05) is 0 Å². The third kappa shape index (κ3) is 2.57. The van der Waals surface area contributed by atoms with E-state index in [2.05, 4.69) is 23.8 Å². The van der Waals surface area contributed by atoms with Crippen molar-refractivity contribution in [2.75, 3.05) is 18.4 Å². The van der Waals surface area contributed by atoms with E-state index in [-0.39, 0.29) is 5.56 Å². The normalized spacial score (nSPS) is 17.5. The first-order chi connectivity index (χ1) is 10.7.